The quantitative estimate of drug-likeness (QED) is 0.693. The van der Waals surface area contributed by atoms with E-state index in [4.69, 9.17) is 9.47 Å². The lowest BCUT2D eigenvalue weighted by Gasteiger charge is -2.30. The summed E-state index contributed by atoms with van der Waals surface area (Å²) < 4.78 is 37.8. The maximum absolute atomic E-state index is 12.8. The first-order valence-electron chi connectivity index (χ1n) is 10.1. The van der Waals surface area contributed by atoms with Crippen LogP contribution in [0.3, 0.4) is 0 Å². The van der Waals surface area contributed by atoms with Crippen molar-refractivity contribution >= 4 is 15.9 Å². The van der Waals surface area contributed by atoms with Crippen molar-refractivity contribution in [3.8, 4) is 11.5 Å². The Labute approximate surface area is 178 Å². The summed E-state index contributed by atoms with van der Waals surface area (Å²) in [4.78, 5) is 12.8. The van der Waals surface area contributed by atoms with Crippen LogP contribution in [-0.2, 0) is 21.4 Å². The highest BCUT2D eigenvalue weighted by Gasteiger charge is 2.32. The van der Waals surface area contributed by atoms with Gasteiger partial charge in [0.05, 0.1) is 18.6 Å². The van der Waals surface area contributed by atoms with E-state index in [1.54, 1.807) is 24.3 Å². The van der Waals surface area contributed by atoms with Gasteiger partial charge in [0.2, 0.25) is 15.9 Å². The molecule has 0 bridgehead atoms. The number of sulfonamides is 1. The van der Waals surface area contributed by atoms with E-state index >= 15 is 0 Å². The fourth-order valence-corrected chi connectivity index (χ4v) is 5.00. The molecule has 1 N–H and O–H groups in total. The minimum Gasteiger partial charge on any atom is -0.497 e. The number of hydrogen-bond donors (Lipinski definition) is 1. The molecule has 1 aliphatic rings. The number of carbonyl (C=O) groups excluding carboxylic acids is 1. The summed E-state index contributed by atoms with van der Waals surface area (Å²) in [6.07, 6.45) is 0.989. The van der Waals surface area contributed by atoms with Crippen molar-refractivity contribution in [2.45, 2.75) is 31.2 Å². The van der Waals surface area contributed by atoms with Crippen molar-refractivity contribution in [2.75, 3.05) is 26.8 Å². The lowest BCUT2D eigenvalue weighted by Crippen LogP contribution is -2.42. The number of ether oxygens (including phenoxy) is 2. The molecule has 0 aliphatic carbocycles. The number of benzene rings is 2. The summed E-state index contributed by atoms with van der Waals surface area (Å²) in [5, 5.41) is 2.96. The number of nitrogens with one attached hydrogen (secondary N) is 1. The van der Waals surface area contributed by atoms with Gasteiger partial charge < -0.3 is 14.8 Å². The summed E-state index contributed by atoms with van der Waals surface area (Å²) in [6.45, 7) is 3.51. The first-order valence-corrected chi connectivity index (χ1v) is 11.5. The summed E-state index contributed by atoms with van der Waals surface area (Å²) in [5.41, 5.74) is 0.923. The molecule has 2 aromatic carbocycles. The van der Waals surface area contributed by atoms with E-state index in [0.29, 0.717) is 44.8 Å². The molecule has 2 aromatic rings. The number of para-hydroxylation sites is 1. The van der Waals surface area contributed by atoms with Gasteiger partial charge in [-0.15, -0.1) is 0 Å². The monoisotopic (exact) mass is 432 g/mol. The SMILES string of the molecule is CCOc1ccccc1CNC(=O)C1CCN(S(=O)(=O)c2ccc(OC)cc2)CC1. The second kappa shape index (κ2) is 9.95. The van der Waals surface area contributed by atoms with E-state index < -0.39 is 10.0 Å². The predicted octanol–water partition coefficient (Wildman–Crippen LogP) is 2.81. The Morgan fingerprint density at radius 2 is 1.77 bits per heavy atom. The summed E-state index contributed by atoms with van der Waals surface area (Å²) >= 11 is 0. The third-order valence-electron chi connectivity index (χ3n) is 5.25. The van der Waals surface area contributed by atoms with Gasteiger partial charge in [-0.1, -0.05) is 18.2 Å². The first kappa shape index (κ1) is 22.1. The van der Waals surface area contributed by atoms with Crippen molar-refractivity contribution in [1.29, 1.82) is 0 Å². The molecule has 30 heavy (non-hydrogen) atoms. The number of rotatable bonds is 8. The van der Waals surface area contributed by atoms with Gasteiger partial charge in [0.1, 0.15) is 11.5 Å². The highest BCUT2D eigenvalue weighted by Crippen LogP contribution is 2.25. The summed E-state index contributed by atoms with van der Waals surface area (Å²) in [7, 11) is -2.04. The van der Waals surface area contributed by atoms with Crippen LogP contribution in [0.1, 0.15) is 25.3 Å². The van der Waals surface area contributed by atoms with Gasteiger partial charge in [-0.2, -0.15) is 4.31 Å². The third-order valence-corrected chi connectivity index (χ3v) is 7.16. The number of hydrogen-bond acceptors (Lipinski definition) is 5. The highest BCUT2D eigenvalue weighted by molar-refractivity contribution is 7.89. The molecule has 1 aliphatic heterocycles. The zero-order valence-corrected chi connectivity index (χ0v) is 18.2. The van der Waals surface area contributed by atoms with Gasteiger partial charge in [0.25, 0.3) is 0 Å². The fraction of sp³-hybridized carbons (Fsp3) is 0.409. The maximum Gasteiger partial charge on any atom is 0.243 e. The zero-order valence-electron chi connectivity index (χ0n) is 17.3. The molecule has 1 heterocycles. The molecule has 162 valence electrons. The Kier molecular flexibility index (Phi) is 7.33. The Bertz CT molecular complexity index is 952. The molecule has 0 spiro atoms. The van der Waals surface area contributed by atoms with Crippen LogP contribution in [0, 0.1) is 5.92 Å². The molecule has 8 heteroatoms. The zero-order chi connectivity index (χ0) is 21.6. The second-order valence-electron chi connectivity index (χ2n) is 7.11. The molecule has 3 rings (SSSR count). The lowest BCUT2D eigenvalue weighted by molar-refractivity contribution is -0.126. The van der Waals surface area contributed by atoms with Crippen LogP contribution in [0.2, 0.25) is 0 Å². The van der Waals surface area contributed by atoms with E-state index in [1.165, 1.54) is 11.4 Å². The van der Waals surface area contributed by atoms with E-state index in [0.717, 1.165) is 11.3 Å². The first-order chi connectivity index (χ1) is 14.5. The van der Waals surface area contributed by atoms with Gasteiger partial charge in [-0.25, -0.2) is 8.42 Å². The Hall–Kier alpha value is -2.58. The summed E-state index contributed by atoms with van der Waals surface area (Å²) in [5.74, 6) is 1.12. The van der Waals surface area contributed by atoms with Gasteiger partial charge in [0, 0.05) is 31.1 Å². The lowest BCUT2D eigenvalue weighted by atomic mass is 9.97. The van der Waals surface area contributed by atoms with Crippen molar-refractivity contribution in [3.05, 3.63) is 54.1 Å². The third kappa shape index (κ3) is 5.12. The molecule has 0 atom stereocenters. The smallest absolute Gasteiger partial charge is 0.243 e. The Morgan fingerprint density at radius 1 is 1.10 bits per heavy atom. The average molecular weight is 433 g/mol. The van der Waals surface area contributed by atoms with Crippen molar-refractivity contribution in [2.24, 2.45) is 5.92 Å². The van der Waals surface area contributed by atoms with Crippen LogP contribution >= 0.6 is 0 Å². The largest absolute Gasteiger partial charge is 0.497 e. The topological polar surface area (TPSA) is 84.9 Å². The van der Waals surface area contributed by atoms with Gasteiger partial charge in [-0.05, 0) is 50.1 Å². The highest BCUT2D eigenvalue weighted by atomic mass is 32.2. The summed E-state index contributed by atoms with van der Waals surface area (Å²) in [6, 6.07) is 14.0. The molecule has 0 aromatic heterocycles. The maximum atomic E-state index is 12.8. The molecule has 0 unspecified atom stereocenters. The molecule has 0 saturated carbocycles. The minimum absolute atomic E-state index is 0.0530. The number of amides is 1. The Morgan fingerprint density at radius 3 is 2.40 bits per heavy atom. The van der Waals surface area contributed by atoms with Gasteiger partial charge in [-0.3, -0.25) is 4.79 Å². The average Bonchev–Trinajstić information content (AvgIpc) is 2.78. The number of methoxy groups -OCH3 is 1. The molecule has 1 amide bonds. The van der Waals surface area contributed by atoms with E-state index in [1.807, 2.05) is 31.2 Å². The van der Waals surface area contributed by atoms with Crippen LogP contribution in [0.4, 0.5) is 0 Å². The van der Waals surface area contributed by atoms with Crippen LogP contribution in [0.5, 0.6) is 11.5 Å². The molecule has 0 radical (unpaired) electrons. The van der Waals surface area contributed by atoms with E-state index in [2.05, 4.69) is 5.32 Å². The van der Waals surface area contributed by atoms with Crippen molar-refractivity contribution < 1.29 is 22.7 Å². The van der Waals surface area contributed by atoms with Crippen LogP contribution < -0.4 is 14.8 Å². The fourth-order valence-electron chi connectivity index (χ4n) is 3.53. The van der Waals surface area contributed by atoms with Crippen LogP contribution in [0.25, 0.3) is 0 Å². The number of nitrogens with zero attached hydrogens (tertiary/aromatic N) is 1. The van der Waals surface area contributed by atoms with Crippen molar-refractivity contribution in [1.82, 2.24) is 9.62 Å². The second-order valence-corrected chi connectivity index (χ2v) is 9.05. The normalized spacial score (nSPS) is 15.5. The van der Waals surface area contributed by atoms with Crippen molar-refractivity contribution in [3.63, 3.8) is 0 Å². The molecular formula is C22H28N2O5S. The van der Waals surface area contributed by atoms with Crippen LogP contribution in [0.15, 0.2) is 53.4 Å². The van der Waals surface area contributed by atoms with Gasteiger partial charge in [0.15, 0.2) is 0 Å². The molecule has 7 nitrogen and oxygen atoms in total. The molecular weight excluding hydrogens is 404 g/mol. The van der Waals surface area contributed by atoms with Gasteiger partial charge >= 0.3 is 0 Å². The predicted molar refractivity (Wildman–Crippen MR) is 114 cm³/mol. The van der Waals surface area contributed by atoms with E-state index in [-0.39, 0.29) is 16.7 Å². The van der Waals surface area contributed by atoms with Crippen LogP contribution in [-0.4, -0.2) is 45.4 Å². The molecule has 1 saturated heterocycles. The minimum atomic E-state index is -3.57. The van der Waals surface area contributed by atoms with E-state index in [9.17, 15) is 13.2 Å². The standard InChI is InChI=1S/C22H28N2O5S/c1-3-29-21-7-5-4-6-18(21)16-23-22(25)17-12-14-24(15-13-17)30(26,27)20-10-8-19(28-2)9-11-20/h4-11,17H,3,12-16H2,1-2H3,(H,23,25). The number of piperidine rings is 1. The molecule has 1 fully saturated rings. The Balaban J connectivity index is 1.55. The number of carbonyl (C=O) groups is 1.